The first-order valence-electron chi connectivity index (χ1n) is 7.34. The third-order valence-electron chi connectivity index (χ3n) is 3.82. The third-order valence-corrected chi connectivity index (χ3v) is 3.82. The highest BCUT2D eigenvalue weighted by Gasteiger charge is 2.31. The molecule has 2 heterocycles. The molecule has 0 spiro atoms. The van der Waals surface area contributed by atoms with E-state index in [0.29, 0.717) is 13.1 Å². The highest BCUT2D eigenvalue weighted by Crippen LogP contribution is 2.19. The van der Waals surface area contributed by atoms with Gasteiger partial charge in [-0.05, 0) is 43.2 Å². The summed E-state index contributed by atoms with van der Waals surface area (Å²) < 4.78 is 12.9. The fraction of sp³-hybridized carbons (Fsp3) is 0.294. The first kappa shape index (κ1) is 14.5. The van der Waals surface area contributed by atoms with E-state index in [1.54, 1.807) is 23.2 Å². The Balaban J connectivity index is 1.63. The van der Waals surface area contributed by atoms with Crippen LogP contribution in [0.5, 0.6) is 0 Å². The van der Waals surface area contributed by atoms with Crippen LogP contribution in [0.25, 0.3) is 0 Å². The third kappa shape index (κ3) is 3.24. The zero-order valence-electron chi connectivity index (χ0n) is 12.4. The fourth-order valence-electron chi connectivity index (χ4n) is 2.68. The van der Waals surface area contributed by atoms with Crippen molar-refractivity contribution in [1.82, 2.24) is 9.88 Å². The summed E-state index contributed by atoms with van der Waals surface area (Å²) in [5.41, 5.74) is 2.77. The molecule has 1 N–H and O–H groups in total. The molecule has 0 saturated carbocycles. The molecule has 0 bridgehead atoms. The van der Waals surface area contributed by atoms with Gasteiger partial charge in [-0.3, -0.25) is 9.78 Å². The molecule has 114 valence electrons. The number of rotatable bonds is 4. The molecular formula is C17H18FN3O. The lowest BCUT2D eigenvalue weighted by molar-refractivity contribution is -0.128. The van der Waals surface area contributed by atoms with Crippen molar-refractivity contribution >= 4 is 11.6 Å². The normalized spacial score (nSPS) is 17.8. The predicted molar refractivity (Wildman–Crippen MR) is 82.8 cm³/mol. The molecule has 0 aliphatic carbocycles. The van der Waals surface area contributed by atoms with Crippen molar-refractivity contribution in [2.24, 2.45) is 0 Å². The van der Waals surface area contributed by atoms with Crippen LogP contribution < -0.4 is 5.32 Å². The number of anilines is 1. The van der Waals surface area contributed by atoms with Crippen LogP contribution in [-0.4, -0.2) is 28.4 Å². The van der Waals surface area contributed by atoms with E-state index in [1.165, 1.54) is 12.1 Å². The Morgan fingerprint density at radius 3 is 2.82 bits per heavy atom. The minimum Gasteiger partial charge on any atom is -0.374 e. The van der Waals surface area contributed by atoms with Gasteiger partial charge in [0, 0.05) is 30.7 Å². The summed E-state index contributed by atoms with van der Waals surface area (Å²) in [6.07, 6.45) is 2.49. The van der Waals surface area contributed by atoms with Crippen molar-refractivity contribution in [1.29, 1.82) is 0 Å². The Morgan fingerprint density at radius 1 is 1.32 bits per heavy atom. The second-order valence-corrected chi connectivity index (χ2v) is 5.56. The van der Waals surface area contributed by atoms with E-state index >= 15 is 0 Å². The number of halogens is 1. The molecule has 5 heteroatoms. The molecule has 1 aliphatic heterocycles. The summed E-state index contributed by atoms with van der Waals surface area (Å²) in [4.78, 5) is 18.4. The van der Waals surface area contributed by atoms with Gasteiger partial charge in [0.2, 0.25) is 5.91 Å². The van der Waals surface area contributed by atoms with Crippen LogP contribution in [0.3, 0.4) is 0 Å². The summed E-state index contributed by atoms with van der Waals surface area (Å²) in [6, 6.07) is 9.86. The fourth-order valence-corrected chi connectivity index (χ4v) is 2.68. The van der Waals surface area contributed by atoms with Gasteiger partial charge in [0.1, 0.15) is 11.9 Å². The van der Waals surface area contributed by atoms with E-state index in [9.17, 15) is 9.18 Å². The van der Waals surface area contributed by atoms with Gasteiger partial charge in [0.05, 0.1) is 0 Å². The summed E-state index contributed by atoms with van der Waals surface area (Å²) >= 11 is 0. The quantitative estimate of drug-likeness (QED) is 0.944. The lowest BCUT2D eigenvalue weighted by Gasteiger charge is -2.18. The molecule has 3 rings (SSSR count). The molecule has 0 radical (unpaired) electrons. The molecular weight excluding hydrogens is 281 g/mol. The van der Waals surface area contributed by atoms with Crippen molar-refractivity contribution in [3.05, 3.63) is 59.7 Å². The van der Waals surface area contributed by atoms with Crippen molar-refractivity contribution in [2.75, 3.05) is 11.9 Å². The second-order valence-electron chi connectivity index (χ2n) is 5.56. The molecule has 1 aliphatic rings. The number of aromatic nitrogens is 1. The van der Waals surface area contributed by atoms with E-state index in [-0.39, 0.29) is 17.8 Å². The number of benzene rings is 1. The van der Waals surface area contributed by atoms with Crippen LogP contribution in [-0.2, 0) is 11.3 Å². The molecule has 1 atom stereocenters. The van der Waals surface area contributed by atoms with Crippen molar-refractivity contribution in [3.63, 3.8) is 0 Å². The number of hydrogen-bond donors (Lipinski definition) is 1. The molecule has 1 saturated heterocycles. The zero-order valence-corrected chi connectivity index (χ0v) is 12.4. The van der Waals surface area contributed by atoms with Gasteiger partial charge in [-0.15, -0.1) is 0 Å². The topological polar surface area (TPSA) is 45.2 Å². The number of pyridine rings is 1. The molecule has 1 aromatic carbocycles. The summed E-state index contributed by atoms with van der Waals surface area (Å²) in [5, 5.41) is 3.27. The zero-order chi connectivity index (χ0) is 15.5. The molecule has 4 nitrogen and oxygen atoms in total. The molecule has 1 aromatic heterocycles. The van der Waals surface area contributed by atoms with Gasteiger partial charge in [-0.1, -0.05) is 12.1 Å². The predicted octanol–water partition coefficient (Wildman–Crippen LogP) is 2.74. The van der Waals surface area contributed by atoms with Gasteiger partial charge in [-0.25, -0.2) is 4.39 Å². The van der Waals surface area contributed by atoms with Crippen LogP contribution >= 0.6 is 0 Å². The number of carbonyl (C=O) groups is 1. The van der Waals surface area contributed by atoms with E-state index in [1.807, 2.05) is 19.1 Å². The number of likely N-dealkylation sites (tertiary alicyclic amines) is 1. The number of carbonyl (C=O) groups excluding carboxylic acids is 1. The first-order chi connectivity index (χ1) is 10.6. The van der Waals surface area contributed by atoms with E-state index in [2.05, 4.69) is 10.3 Å². The summed E-state index contributed by atoms with van der Waals surface area (Å²) in [7, 11) is 0. The van der Waals surface area contributed by atoms with Gasteiger partial charge < -0.3 is 10.2 Å². The Kier molecular flexibility index (Phi) is 4.04. The number of aryl methyl sites for hydroxylation is 1. The minimum absolute atomic E-state index is 0.0822. The Bertz CT molecular complexity index is 672. The van der Waals surface area contributed by atoms with Gasteiger partial charge in [0.25, 0.3) is 0 Å². The largest absolute Gasteiger partial charge is 0.374 e. The summed E-state index contributed by atoms with van der Waals surface area (Å²) in [5.74, 6) is -0.178. The lowest BCUT2D eigenvalue weighted by Crippen LogP contribution is -2.33. The maximum atomic E-state index is 12.9. The average Bonchev–Trinajstić information content (AvgIpc) is 2.83. The smallest absolute Gasteiger partial charge is 0.245 e. The SMILES string of the molecule is Cc1cc(NC2CCN(Cc3ccc(F)cc3)C2=O)ccn1. The number of nitrogens with one attached hydrogen (secondary N) is 1. The number of hydrogen-bond acceptors (Lipinski definition) is 3. The minimum atomic E-state index is -0.260. The standard InChI is InChI=1S/C17H18FN3O/c1-12-10-15(6-8-19-12)20-16-7-9-21(17(16)22)11-13-2-4-14(18)5-3-13/h2-6,8,10,16H,7,9,11H2,1H3,(H,19,20). The van der Waals surface area contributed by atoms with Crippen LogP contribution in [0, 0.1) is 12.7 Å². The second kappa shape index (κ2) is 6.13. The van der Waals surface area contributed by atoms with Gasteiger partial charge >= 0.3 is 0 Å². The molecule has 22 heavy (non-hydrogen) atoms. The Hall–Kier alpha value is -2.43. The number of amides is 1. The monoisotopic (exact) mass is 299 g/mol. The van der Waals surface area contributed by atoms with E-state index in [4.69, 9.17) is 0 Å². The van der Waals surface area contributed by atoms with E-state index < -0.39 is 0 Å². The lowest BCUT2D eigenvalue weighted by atomic mass is 10.2. The van der Waals surface area contributed by atoms with Crippen molar-refractivity contribution in [2.45, 2.75) is 25.9 Å². The van der Waals surface area contributed by atoms with Crippen molar-refractivity contribution < 1.29 is 9.18 Å². The molecule has 2 aromatic rings. The Labute approximate surface area is 129 Å². The molecule has 1 amide bonds. The highest BCUT2D eigenvalue weighted by molar-refractivity contribution is 5.86. The Morgan fingerprint density at radius 2 is 2.09 bits per heavy atom. The molecule has 1 fully saturated rings. The van der Waals surface area contributed by atoms with Crippen molar-refractivity contribution in [3.8, 4) is 0 Å². The highest BCUT2D eigenvalue weighted by atomic mass is 19.1. The van der Waals surface area contributed by atoms with Gasteiger partial charge in [0.15, 0.2) is 0 Å². The van der Waals surface area contributed by atoms with Crippen LogP contribution in [0.1, 0.15) is 17.7 Å². The van der Waals surface area contributed by atoms with Gasteiger partial charge in [-0.2, -0.15) is 0 Å². The maximum absolute atomic E-state index is 12.9. The van der Waals surface area contributed by atoms with Crippen LogP contribution in [0.15, 0.2) is 42.6 Å². The summed E-state index contributed by atoms with van der Waals surface area (Å²) in [6.45, 7) is 3.15. The van der Waals surface area contributed by atoms with E-state index in [0.717, 1.165) is 23.4 Å². The van der Waals surface area contributed by atoms with Crippen LogP contribution in [0.4, 0.5) is 10.1 Å². The average molecular weight is 299 g/mol. The number of nitrogens with zero attached hydrogens (tertiary/aromatic N) is 2. The molecule has 1 unspecified atom stereocenters. The first-order valence-corrected chi connectivity index (χ1v) is 7.34. The van der Waals surface area contributed by atoms with Crippen LogP contribution in [0.2, 0.25) is 0 Å². The maximum Gasteiger partial charge on any atom is 0.245 e.